The van der Waals surface area contributed by atoms with Crippen LogP contribution in [0.4, 0.5) is 0 Å². The summed E-state index contributed by atoms with van der Waals surface area (Å²) in [7, 11) is -1.26. The quantitative estimate of drug-likeness (QED) is 0.776. The minimum atomic E-state index is -1.26. The fourth-order valence-corrected chi connectivity index (χ4v) is 2.57. The van der Waals surface area contributed by atoms with Crippen molar-refractivity contribution in [1.29, 1.82) is 0 Å². The number of epoxide rings is 1. The van der Waals surface area contributed by atoms with E-state index in [9.17, 15) is 4.21 Å². The van der Waals surface area contributed by atoms with Gasteiger partial charge in [-0.1, -0.05) is 22.9 Å². The Bertz CT molecular complexity index is 575. The lowest BCUT2D eigenvalue weighted by atomic mass is 10.2. The topological polar surface area (TPSA) is 60.3 Å². The highest BCUT2D eigenvalue weighted by Gasteiger charge is 2.24. The van der Waals surface area contributed by atoms with E-state index in [0.29, 0.717) is 11.6 Å². The van der Waals surface area contributed by atoms with Crippen LogP contribution in [0, 0.1) is 6.92 Å². The fraction of sp³-hybridized carbons (Fsp3) is 0.333. The third-order valence-corrected chi connectivity index (χ3v) is 4.00. The van der Waals surface area contributed by atoms with Crippen molar-refractivity contribution in [2.24, 2.45) is 0 Å². The zero-order valence-electron chi connectivity index (χ0n) is 9.94. The van der Waals surface area contributed by atoms with Crippen LogP contribution in [0.3, 0.4) is 0 Å². The lowest BCUT2D eigenvalue weighted by Crippen LogP contribution is -2.04. The van der Waals surface area contributed by atoms with E-state index in [2.05, 4.69) is 10.3 Å². The Labute approximate surface area is 107 Å². The first kappa shape index (κ1) is 11.6. The van der Waals surface area contributed by atoms with Gasteiger partial charge in [0.15, 0.2) is 5.03 Å². The zero-order valence-corrected chi connectivity index (χ0v) is 10.8. The predicted octanol–water partition coefficient (Wildman–Crippen LogP) is 1.15. The average molecular weight is 263 g/mol. The molecule has 1 aromatic carbocycles. The second-order valence-electron chi connectivity index (χ2n) is 4.32. The molecule has 1 aliphatic rings. The van der Waals surface area contributed by atoms with Crippen LogP contribution in [-0.2, 0) is 22.1 Å². The Kier molecular flexibility index (Phi) is 2.97. The maximum Gasteiger partial charge on any atom is 0.174 e. The van der Waals surface area contributed by atoms with Crippen LogP contribution in [0.1, 0.15) is 5.56 Å². The largest absolute Gasteiger partial charge is 0.371 e. The molecule has 2 aromatic rings. The van der Waals surface area contributed by atoms with Gasteiger partial charge in [0.1, 0.15) is 16.9 Å². The van der Waals surface area contributed by atoms with E-state index >= 15 is 0 Å². The van der Waals surface area contributed by atoms with Crippen molar-refractivity contribution in [1.82, 2.24) is 15.0 Å². The molecule has 0 radical (unpaired) electrons. The number of hydrogen-bond donors (Lipinski definition) is 0. The van der Waals surface area contributed by atoms with Gasteiger partial charge in [-0.3, -0.25) is 0 Å². The molecule has 0 amide bonds. The lowest BCUT2D eigenvalue weighted by Gasteiger charge is -1.98. The average Bonchev–Trinajstić information content (AvgIpc) is 3.05. The Morgan fingerprint density at radius 1 is 1.44 bits per heavy atom. The van der Waals surface area contributed by atoms with E-state index in [1.54, 1.807) is 10.9 Å². The van der Waals surface area contributed by atoms with Gasteiger partial charge >= 0.3 is 0 Å². The predicted molar refractivity (Wildman–Crippen MR) is 65.6 cm³/mol. The summed E-state index contributed by atoms with van der Waals surface area (Å²) >= 11 is 0. The van der Waals surface area contributed by atoms with E-state index < -0.39 is 10.8 Å². The van der Waals surface area contributed by atoms with Gasteiger partial charge in [0.05, 0.1) is 19.3 Å². The second-order valence-corrected chi connectivity index (χ2v) is 5.74. The summed E-state index contributed by atoms with van der Waals surface area (Å²) in [4.78, 5) is 0.746. The number of aromatic nitrogens is 3. The van der Waals surface area contributed by atoms with Crippen LogP contribution in [0.25, 0.3) is 0 Å². The van der Waals surface area contributed by atoms with Gasteiger partial charge in [0.25, 0.3) is 0 Å². The summed E-state index contributed by atoms with van der Waals surface area (Å²) in [6.45, 7) is 3.45. The SMILES string of the molecule is Cc1ccc(S(=O)c2cn(CC3CO3)nn2)cc1. The van der Waals surface area contributed by atoms with E-state index in [-0.39, 0.29) is 6.10 Å². The summed E-state index contributed by atoms with van der Waals surface area (Å²) in [5.74, 6) is 0. The smallest absolute Gasteiger partial charge is 0.174 e. The molecule has 1 fully saturated rings. The zero-order chi connectivity index (χ0) is 12.5. The molecule has 0 aliphatic carbocycles. The van der Waals surface area contributed by atoms with Crippen LogP contribution >= 0.6 is 0 Å². The van der Waals surface area contributed by atoms with Crippen LogP contribution in [0.2, 0.25) is 0 Å². The highest BCUT2D eigenvalue weighted by Crippen LogP contribution is 2.16. The van der Waals surface area contributed by atoms with Crippen molar-refractivity contribution in [3.05, 3.63) is 36.0 Å². The van der Waals surface area contributed by atoms with Crippen LogP contribution < -0.4 is 0 Å². The van der Waals surface area contributed by atoms with Crippen molar-refractivity contribution in [3.8, 4) is 0 Å². The van der Waals surface area contributed by atoms with E-state index in [4.69, 9.17) is 4.74 Å². The van der Waals surface area contributed by atoms with Gasteiger partial charge in [-0.25, -0.2) is 8.89 Å². The van der Waals surface area contributed by atoms with Gasteiger partial charge in [0, 0.05) is 4.90 Å². The number of aryl methyl sites for hydroxylation is 1. The van der Waals surface area contributed by atoms with Gasteiger partial charge in [0.2, 0.25) is 0 Å². The molecule has 94 valence electrons. The Morgan fingerprint density at radius 3 is 2.83 bits per heavy atom. The first-order valence-corrected chi connectivity index (χ1v) is 6.87. The molecule has 0 N–H and O–H groups in total. The molecule has 2 heterocycles. The molecule has 0 spiro atoms. The molecule has 1 saturated heterocycles. The van der Waals surface area contributed by atoms with Crippen molar-refractivity contribution >= 4 is 10.8 Å². The second kappa shape index (κ2) is 4.62. The number of nitrogens with zero attached hydrogens (tertiary/aromatic N) is 3. The summed E-state index contributed by atoms with van der Waals surface area (Å²) in [5, 5.41) is 8.39. The molecule has 1 aromatic heterocycles. The Balaban J connectivity index is 1.78. The summed E-state index contributed by atoms with van der Waals surface area (Å²) in [6, 6.07) is 7.59. The van der Waals surface area contributed by atoms with Crippen molar-refractivity contribution in [2.45, 2.75) is 29.5 Å². The van der Waals surface area contributed by atoms with Crippen LogP contribution in [0.5, 0.6) is 0 Å². The highest BCUT2D eigenvalue weighted by atomic mass is 32.2. The summed E-state index contributed by atoms with van der Waals surface area (Å²) in [5.41, 5.74) is 1.14. The molecule has 0 saturated carbocycles. The highest BCUT2D eigenvalue weighted by molar-refractivity contribution is 7.85. The fourth-order valence-electron chi connectivity index (χ4n) is 1.62. The molecule has 0 bridgehead atoms. The third-order valence-electron chi connectivity index (χ3n) is 2.74. The lowest BCUT2D eigenvalue weighted by molar-refractivity contribution is 0.371. The van der Waals surface area contributed by atoms with Crippen molar-refractivity contribution in [2.75, 3.05) is 6.61 Å². The molecular weight excluding hydrogens is 250 g/mol. The molecule has 5 nitrogen and oxygen atoms in total. The maximum atomic E-state index is 12.2. The Hall–Kier alpha value is -1.53. The first-order valence-electron chi connectivity index (χ1n) is 5.72. The summed E-state index contributed by atoms with van der Waals surface area (Å²) in [6.07, 6.45) is 1.96. The van der Waals surface area contributed by atoms with E-state index in [1.807, 2.05) is 31.2 Å². The standard InChI is InChI=1S/C12H13N3O2S/c1-9-2-4-11(5-3-9)18(16)12-7-15(14-13-12)6-10-8-17-10/h2-5,7,10H,6,8H2,1H3. The van der Waals surface area contributed by atoms with Gasteiger partial charge in [-0.05, 0) is 19.1 Å². The third kappa shape index (κ3) is 2.49. The minimum Gasteiger partial charge on any atom is -0.371 e. The first-order chi connectivity index (χ1) is 8.72. The number of rotatable bonds is 4. The van der Waals surface area contributed by atoms with Crippen molar-refractivity contribution < 1.29 is 8.95 Å². The van der Waals surface area contributed by atoms with Crippen LogP contribution in [0.15, 0.2) is 40.4 Å². The van der Waals surface area contributed by atoms with E-state index in [1.165, 1.54) is 0 Å². The van der Waals surface area contributed by atoms with E-state index in [0.717, 1.165) is 17.1 Å². The molecule has 2 unspecified atom stereocenters. The van der Waals surface area contributed by atoms with Gasteiger partial charge in [-0.15, -0.1) is 5.10 Å². The minimum absolute atomic E-state index is 0.243. The molecule has 6 heteroatoms. The molecule has 18 heavy (non-hydrogen) atoms. The molecule has 3 rings (SSSR count). The van der Waals surface area contributed by atoms with Crippen molar-refractivity contribution in [3.63, 3.8) is 0 Å². The molecule has 2 atom stereocenters. The number of benzene rings is 1. The maximum absolute atomic E-state index is 12.2. The monoisotopic (exact) mass is 263 g/mol. The Morgan fingerprint density at radius 2 is 2.17 bits per heavy atom. The number of hydrogen-bond acceptors (Lipinski definition) is 4. The normalized spacial score (nSPS) is 19.7. The molecule has 1 aliphatic heterocycles. The van der Waals surface area contributed by atoms with Crippen LogP contribution in [-0.4, -0.2) is 31.9 Å². The van der Waals surface area contributed by atoms with Gasteiger partial charge < -0.3 is 4.74 Å². The number of ether oxygens (including phenoxy) is 1. The molecular formula is C12H13N3O2S. The summed E-state index contributed by atoms with van der Waals surface area (Å²) < 4.78 is 19.0. The van der Waals surface area contributed by atoms with Gasteiger partial charge in [-0.2, -0.15) is 0 Å².